The molecule has 0 bridgehead atoms. The van der Waals surface area contributed by atoms with Crippen molar-refractivity contribution in [3.63, 3.8) is 0 Å². The van der Waals surface area contributed by atoms with Crippen LogP contribution in [0.5, 0.6) is 0 Å². The zero-order chi connectivity index (χ0) is 18.1. The number of nitrogens with zero attached hydrogens (tertiary/aromatic N) is 2. The Labute approximate surface area is 148 Å². The second-order valence-electron chi connectivity index (χ2n) is 6.40. The van der Waals surface area contributed by atoms with Crippen LogP contribution in [-0.4, -0.2) is 9.19 Å². The summed E-state index contributed by atoms with van der Waals surface area (Å²) in [6.45, 7) is 3.49. The Bertz CT molecular complexity index is 988. The highest BCUT2D eigenvalue weighted by atomic mass is 32.2. The quantitative estimate of drug-likeness (QED) is 0.916. The lowest BCUT2D eigenvalue weighted by atomic mass is 10.1. The molecule has 1 aromatic carbocycles. The van der Waals surface area contributed by atoms with E-state index in [9.17, 15) is 9.00 Å². The van der Waals surface area contributed by atoms with Crippen LogP contribution in [0.4, 0.5) is 0 Å². The Morgan fingerprint density at radius 3 is 2.28 bits per heavy atom. The normalized spacial score (nSPS) is 14.6. The van der Waals surface area contributed by atoms with Crippen molar-refractivity contribution in [2.45, 2.75) is 42.9 Å². The molecule has 1 unspecified atom stereocenters. The molecule has 0 spiro atoms. The topological polar surface area (TPSA) is 97.5 Å². The molecule has 0 aliphatic heterocycles. The number of H-pyrrole nitrogens is 1. The number of aromatic amines is 1. The van der Waals surface area contributed by atoms with Crippen LogP contribution in [0, 0.1) is 42.4 Å². The number of pyridine rings is 1. The van der Waals surface area contributed by atoms with Crippen molar-refractivity contribution in [3.8, 4) is 12.1 Å². The fourth-order valence-electron chi connectivity index (χ4n) is 2.90. The number of aromatic nitrogens is 1. The van der Waals surface area contributed by atoms with Gasteiger partial charge in [-0.3, -0.25) is 4.79 Å². The molecule has 1 aromatic heterocycles. The molecule has 25 heavy (non-hydrogen) atoms. The lowest BCUT2D eigenvalue weighted by Gasteiger charge is -2.15. The molecule has 2 aromatic rings. The lowest BCUT2D eigenvalue weighted by molar-refractivity contribution is 0.679. The van der Waals surface area contributed by atoms with E-state index in [1.807, 2.05) is 19.1 Å². The molecule has 0 saturated heterocycles. The minimum Gasteiger partial charge on any atom is -0.326 e. The summed E-state index contributed by atoms with van der Waals surface area (Å²) in [5, 5.41) is 18.3. The van der Waals surface area contributed by atoms with Crippen molar-refractivity contribution < 1.29 is 4.21 Å². The van der Waals surface area contributed by atoms with E-state index in [-0.39, 0.29) is 16.7 Å². The average Bonchev–Trinajstić information content (AvgIpc) is 3.43. The van der Waals surface area contributed by atoms with Gasteiger partial charge in [0.25, 0.3) is 5.56 Å². The van der Waals surface area contributed by atoms with Gasteiger partial charge in [-0.05, 0) is 62.8 Å². The van der Waals surface area contributed by atoms with Gasteiger partial charge in [0.1, 0.15) is 0 Å². The Hall–Kier alpha value is -2.70. The van der Waals surface area contributed by atoms with Crippen LogP contribution < -0.4 is 5.56 Å². The van der Waals surface area contributed by atoms with Gasteiger partial charge in [-0.1, -0.05) is 0 Å². The van der Waals surface area contributed by atoms with Gasteiger partial charge in [-0.2, -0.15) is 10.5 Å². The number of aryl methyl sites for hydroxylation is 1. The Balaban J connectivity index is 2.19. The zero-order valence-electron chi connectivity index (χ0n) is 14.0. The number of rotatable bonds is 4. The van der Waals surface area contributed by atoms with Crippen LogP contribution in [0.15, 0.2) is 32.8 Å². The molecule has 1 saturated carbocycles. The second kappa shape index (κ2) is 6.66. The smallest absolute Gasteiger partial charge is 0.252 e. The van der Waals surface area contributed by atoms with Crippen molar-refractivity contribution >= 4 is 10.8 Å². The Kier molecular flexibility index (Phi) is 4.57. The van der Waals surface area contributed by atoms with E-state index in [0.29, 0.717) is 21.3 Å². The SMILES string of the molecule is Cc1[nH]c(=O)c(C)c(S(=O)c2cc(C#N)cc(C#N)c2)c1CC1CC1. The molecule has 0 radical (unpaired) electrons. The largest absolute Gasteiger partial charge is 0.326 e. The van der Waals surface area contributed by atoms with E-state index < -0.39 is 10.8 Å². The van der Waals surface area contributed by atoms with Crippen LogP contribution in [-0.2, 0) is 17.2 Å². The van der Waals surface area contributed by atoms with Gasteiger partial charge < -0.3 is 4.98 Å². The van der Waals surface area contributed by atoms with E-state index in [1.165, 1.54) is 18.2 Å². The molecule has 0 amide bonds. The summed E-state index contributed by atoms with van der Waals surface area (Å²) < 4.78 is 13.3. The summed E-state index contributed by atoms with van der Waals surface area (Å²) >= 11 is 0. The predicted molar refractivity (Wildman–Crippen MR) is 93.5 cm³/mol. The van der Waals surface area contributed by atoms with Crippen LogP contribution in [0.3, 0.4) is 0 Å². The number of nitriles is 2. The molecule has 3 rings (SSSR count). The summed E-state index contributed by atoms with van der Waals surface area (Å²) in [4.78, 5) is 15.9. The van der Waals surface area contributed by atoms with Crippen molar-refractivity contribution in [3.05, 3.63) is 56.5 Å². The van der Waals surface area contributed by atoms with Gasteiger partial charge in [-0.25, -0.2) is 4.21 Å². The molecule has 1 fully saturated rings. The molecular formula is C19H17N3O2S. The third-order valence-corrected chi connectivity index (χ3v) is 6.05. The van der Waals surface area contributed by atoms with Gasteiger partial charge in [-0.15, -0.1) is 0 Å². The van der Waals surface area contributed by atoms with Gasteiger partial charge in [0.05, 0.1) is 39.0 Å². The number of nitrogens with one attached hydrogen (secondary N) is 1. The third kappa shape index (κ3) is 3.40. The van der Waals surface area contributed by atoms with Crippen LogP contribution >= 0.6 is 0 Å². The number of hydrogen-bond donors (Lipinski definition) is 1. The van der Waals surface area contributed by atoms with Crippen molar-refractivity contribution in [1.29, 1.82) is 10.5 Å². The Morgan fingerprint density at radius 1 is 1.16 bits per heavy atom. The van der Waals surface area contributed by atoms with Crippen molar-refractivity contribution in [2.24, 2.45) is 5.92 Å². The van der Waals surface area contributed by atoms with E-state index in [4.69, 9.17) is 10.5 Å². The van der Waals surface area contributed by atoms with Crippen molar-refractivity contribution in [2.75, 3.05) is 0 Å². The van der Waals surface area contributed by atoms with Crippen LogP contribution in [0.2, 0.25) is 0 Å². The second-order valence-corrected chi connectivity index (χ2v) is 7.81. The molecule has 5 nitrogen and oxygen atoms in total. The zero-order valence-corrected chi connectivity index (χ0v) is 14.9. The first-order chi connectivity index (χ1) is 11.9. The summed E-state index contributed by atoms with van der Waals surface area (Å²) in [5.74, 6) is 0.569. The molecule has 126 valence electrons. The first-order valence-corrected chi connectivity index (χ1v) is 9.19. The van der Waals surface area contributed by atoms with E-state index >= 15 is 0 Å². The number of benzene rings is 1. The monoisotopic (exact) mass is 351 g/mol. The maximum Gasteiger partial charge on any atom is 0.252 e. The molecule has 1 aliphatic carbocycles. The fraction of sp³-hybridized carbons (Fsp3) is 0.316. The highest BCUT2D eigenvalue weighted by Crippen LogP contribution is 2.36. The summed E-state index contributed by atoms with van der Waals surface area (Å²) in [6, 6.07) is 8.48. The summed E-state index contributed by atoms with van der Waals surface area (Å²) in [5.41, 5.74) is 2.40. The highest BCUT2D eigenvalue weighted by molar-refractivity contribution is 7.85. The predicted octanol–water partition coefficient (Wildman–Crippen LogP) is 2.85. The van der Waals surface area contributed by atoms with Crippen LogP contribution in [0.1, 0.15) is 40.8 Å². The van der Waals surface area contributed by atoms with E-state index in [1.54, 1.807) is 6.92 Å². The average molecular weight is 351 g/mol. The van der Waals surface area contributed by atoms with Crippen LogP contribution in [0.25, 0.3) is 0 Å². The standard InChI is InChI=1S/C19H17N3O2S/c1-11-18(17(8-13-3-4-13)12(2)22-19(11)23)25(24)16-6-14(9-20)5-15(7-16)10-21/h5-7,13H,3-4,8H2,1-2H3,(H,22,23). The molecular weight excluding hydrogens is 334 g/mol. The maximum atomic E-state index is 13.3. The molecule has 1 heterocycles. The summed E-state index contributed by atoms with van der Waals surface area (Å²) in [6.07, 6.45) is 3.08. The maximum absolute atomic E-state index is 13.3. The minimum absolute atomic E-state index is 0.252. The van der Waals surface area contributed by atoms with E-state index in [2.05, 4.69) is 4.98 Å². The van der Waals surface area contributed by atoms with E-state index in [0.717, 1.165) is 30.5 Å². The number of hydrogen-bond acceptors (Lipinski definition) is 4. The minimum atomic E-state index is -1.63. The lowest BCUT2D eigenvalue weighted by Crippen LogP contribution is -2.18. The highest BCUT2D eigenvalue weighted by Gasteiger charge is 2.27. The molecule has 1 atom stereocenters. The first-order valence-electron chi connectivity index (χ1n) is 8.04. The molecule has 1 N–H and O–H groups in total. The fourth-order valence-corrected chi connectivity index (χ4v) is 4.43. The van der Waals surface area contributed by atoms with Gasteiger partial charge in [0, 0.05) is 16.2 Å². The summed E-state index contributed by atoms with van der Waals surface area (Å²) in [7, 11) is -1.63. The van der Waals surface area contributed by atoms with Gasteiger partial charge in [0.15, 0.2) is 0 Å². The van der Waals surface area contributed by atoms with Crippen molar-refractivity contribution in [1.82, 2.24) is 4.98 Å². The molecule has 1 aliphatic rings. The van der Waals surface area contributed by atoms with Gasteiger partial charge in [0.2, 0.25) is 0 Å². The van der Waals surface area contributed by atoms with Gasteiger partial charge >= 0.3 is 0 Å². The third-order valence-electron chi connectivity index (χ3n) is 4.46. The Morgan fingerprint density at radius 2 is 1.76 bits per heavy atom. The first kappa shape index (κ1) is 17.1. The molecule has 6 heteroatoms.